The van der Waals surface area contributed by atoms with Crippen molar-refractivity contribution in [3.8, 4) is 0 Å². The molecule has 0 aromatic carbocycles. The van der Waals surface area contributed by atoms with Crippen LogP contribution in [0.15, 0.2) is 6.20 Å². The molecule has 7 nitrogen and oxygen atoms in total. The summed E-state index contributed by atoms with van der Waals surface area (Å²) in [6.07, 6.45) is 1.33. The van der Waals surface area contributed by atoms with Crippen molar-refractivity contribution in [3.05, 3.63) is 11.9 Å². The van der Waals surface area contributed by atoms with E-state index in [0.29, 0.717) is 0 Å². The quantitative estimate of drug-likeness (QED) is 0.724. The molecule has 15 heavy (non-hydrogen) atoms. The summed E-state index contributed by atoms with van der Waals surface area (Å²) in [5, 5.41) is 16.6. The van der Waals surface area contributed by atoms with Crippen LogP contribution in [0.5, 0.6) is 0 Å². The third-order valence-corrected chi connectivity index (χ3v) is 2.02. The Balaban J connectivity index is 3.03. The number of nitrogens with zero attached hydrogens (tertiary/aromatic N) is 4. The zero-order valence-corrected chi connectivity index (χ0v) is 8.71. The van der Waals surface area contributed by atoms with Gasteiger partial charge in [-0.2, -0.15) is 15.0 Å². The van der Waals surface area contributed by atoms with Crippen molar-refractivity contribution in [2.75, 3.05) is 7.05 Å². The first-order chi connectivity index (χ1) is 6.93. The van der Waals surface area contributed by atoms with E-state index in [1.54, 1.807) is 7.05 Å². The lowest BCUT2D eigenvalue weighted by atomic mass is 10.2. The number of aryl methyl sites for hydroxylation is 1. The maximum absolute atomic E-state index is 11.1. The lowest BCUT2D eigenvalue weighted by molar-refractivity contribution is -0.148. The van der Waals surface area contributed by atoms with Crippen LogP contribution < -0.4 is 0 Å². The van der Waals surface area contributed by atoms with Crippen molar-refractivity contribution in [1.82, 2.24) is 19.9 Å². The van der Waals surface area contributed by atoms with E-state index in [-0.39, 0.29) is 11.6 Å². The third-order valence-electron chi connectivity index (χ3n) is 2.02. The summed E-state index contributed by atoms with van der Waals surface area (Å²) >= 11 is 0. The van der Waals surface area contributed by atoms with Crippen LogP contribution in [0.4, 0.5) is 0 Å². The number of aliphatic carboxylic acids is 1. The molecule has 7 heteroatoms. The van der Waals surface area contributed by atoms with Crippen molar-refractivity contribution < 1.29 is 14.7 Å². The van der Waals surface area contributed by atoms with Gasteiger partial charge in [-0.3, -0.25) is 4.79 Å². The molecule has 0 saturated heterocycles. The van der Waals surface area contributed by atoms with Crippen LogP contribution in [0, 0.1) is 0 Å². The third kappa shape index (κ3) is 2.30. The minimum absolute atomic E-state index is 0.239. The normalized spacial score (nSPS) is 12.2. The summed E-state index contributed by atoms with van der Waals surface area (Å²) in [6, 6.07) is -1.09. The second-order valence-corrected chi connectivity index (χ2v) is 3.13. The minimum atomic E-state index is -1.13. The predicted octanol–water partition coefficient (Wildman–Crippen LogP) is -0.581. The molecule has 0 spiro atoms. The number of carboxylic acids is 1. The number of carbonyl (C=O) groups is 2. The molecule has 0 fully saturated rings. The number of rotatable bonds is 3. The van der Waals surface area contributed by atoms with Crippen LogP contribution >= 0.6 is 0 Å². The molecule has 1 N–H and O–H groups in total. The number of aromatic nitrogens is 3. The molecule has 1 rings (SSSR count). The molecule has 0 bridgehead atoms. The predicted molar refractivity (Wildman–Crippen MR) is 49.8 cm³/mol. The number of amides is 1. The van der Waals surface area contributed by atoms with E-state index in [0.717, 1.165) is 4.90 Å². The van der Waals surface area contributed by atoms with E-state index in [1.807, 2.05) is 0 Å². The highest BCUT2D eigenvalue weighted by molar-refractivity contribution is 5.82. The van der Waals surface area contributed by atoms with Gasteiger partial charge in [0.2, 0.25) is 5.91 Å². The number of likely N-dealkylation sites (N-methyl/N-ethyl adjacent to an activating group) is 1. The van der Waals surface area contributed by atoms with Crippen molar-refractivity contribution in [3.63, 3.8) is 0 Å². The lowest BCUT2D eigenvalue weighted by Crippen LogP contribution is -2.34. The average Bonchev–Trinajstić information content (AvgIpc) is 2.51. The summed E-state index contributed by atoms with van der Waals surface area (Å²) in [5.74, 6) is -1.47. The smallest absolute Gasteiger partial charge is 0.332 e. The fourth-order valence-corrected chi connectivity index (χ4v) is 1.16. The molecule has 0 aliphatic carbocycles. The Hall–Kier alpha value is -1.92. The first kappa shape index (κ1) is 11.2. The van der Waals surface area contributed by atoms with Gasteiger partial charge in [-0.15, -0.1) is 0 Å². The monoisotopic (exact) mass is 212 g/mol. The average molecular weight is 212 g/mol. The van der Waals surface area contributed by atoms with Crippen LogP contribution in [0.2, 0.25) is 0 Å². The molecule has 1 aromatic heterocycles. The van der Waals surface area contributed by atoms with E-state index in [9.17, 15) is 9.59 Å². The summed E-state index contributed by atoms with van der Waals surface area (Å²) in [5.41, 5.74) is 0.239. The van der Waals surface area contributed by atoms with Gasteiger partial charge in [0.1, 0.15) is 5.69 Å². The molecule has 0 saturated carbocycles. The molecule has 0 radical (unpaired) electrons. The largest absolute Gasteiger partial charge is 0.479 e. The van der Waals surface area contributed by atoms with Crippen LogP contribution in [0.25, 0.3) is 0 Å². The minimum Gasteiger partial charge on any atom is -0.479 e. The Kier molecular flexibility index (Phi) is 3.03. The maximum atomic E-state index is 11.1. The van der Waals surface area contributed by atoms with E-state index in [2.05, 4.69) is 10.2 Å². The number of hydrogen-bond donors (Lipinski definition) is 1. The second kappa shape index (κ2) is 4.07. The highest BCUT2D eigenvalue weighted by Crippen LogP contribution is 2.16. The highest BCUT2D eigenvalue weighted by atomic mass is 16.4. The summed E-state index contributed by atoms with van der Waals surface area (Å²) in [6.45, 7) is 1.30. The first-order valence-corrected chi connectivity index (χ1v) is 4.26. The Labute approximate surface area is 86.3 Å². The number of carboxylic acid groups (broad SMARTS) is 1. The zero-order valence-electron chi connectivity index (χ0n) is 8.71. The van der Waals surface area contributed by atoms with Crippen LogP contribution in [-0.2, 0) is 16.6 Å². The molecule has 1 unspecified atom stereocenters. The van der Waals surface area contributed by atoms with E-state index in [4.69, 9.17) is 5.11 Å². The van der Waals surface area contributed by atoms with Crippen molar-refractivity contribution in [2.45, 2.75) is 13.0 Å². The number of hydrogen-bond acceptors (Lipinski definition) is 4. The molecule has 1 atom stereocenters. The Morgan fingerprint density at radius 3 is 2.53 bits per heavy atom. The molecule has 0 aliphatic rings. The SMILES string of the molecule is CC(=O)N(C)C(C(=O)O)c1cnn(C)n1. The van der Waals surface area contributed by atoms with Crippen molar-refractivity contribution in [1.29, 1.82) is 0 Å². The van der Waals surface area contributed by atoms with E-state index in [1.165, 1.54) is 25.0 Å². The molecular formula is C8H12N4O3. The summed E-state index contributed by atoms with van der Waals surface area (Å²) in [7, 11) is 2.99. The fraction of sp³-hybridized carbons (Fsp3) is 0.500. The Morgan fingerprint density at radius 2 is 2.20 bits per heavy atom. The topological polar surface area (TPSA) is 88.3 Å². The molecule has 1 heterocycles. The van der Waals surface area contributed by atoms with Crippen molar-refractivity contribution >= 4 is 11.9 Å². The summed E-state index contributed by atoms with van der Waals surface area (Å²) in [4.78, 5) is 24.4. The molecule has 0 aliphatic heterocycles. The van der Waals surface area contributed by atoms with Crippen LogP contribution in [0.1, 0.15) is 18.7 Å². The van der Waals surface area contributed by atoms with Gasteiger partial charge in [0.15, 0.2) is 6.04 Å². The van der Waals surface area contributed by atoms with Gasteiger partial charge in [-0.25, -0.2) is 4.79 Å². The van der Waals surface area contributed by atoms with Gasteiger partial charge in [0, 0.05) is 21.0 Å². The van der Waals surface area contributed by atoms with Gasteiger partial charge >= 0.3 is 5.97 Å². The fourth-order valence-electron chi connectivity index (χ4n) is 1.16. The van der Waals surface area contributed by atoms with E-state index >= 15 is 0 Å². The van der Waals surface area contributed by atoms with Gasteiger partial charge in [0.05, 0.1) is 6.20 Å². The molecule has 1 amide bonds. The Bertz CT molecular complexity index is 387. The molecule has 82 valence electrons. The van der Waals surface area contributed by atoms with E-state index < -0.39 is 12.0 Å². The zero-order chi connectivity index (χ0) is 11.6. The standard InChI is InChI=1S/C8H12N4O3/c1-5(13)11(2)7(8(14)15)6-4-9-12(3)10-6/h4,7H,1-3H3,(H,14,15). The van der Waals surface area contributed by atoms with Gasteiger partial charge in [0.25, 0.3) is 0 Å². The first-order valence-electron chi connectivity index (χ1n) is 4.26. The second-order valence-electron chi connectivity index (χ2n) is 3.13. The summed E-state index contributed by atoms with van der Waals surface area (Å²) < 4.78 is 0. The van der Waals surface area contributed by atoms with Gasteiger partial charge < -0.3 is 10.0 Å². The number of carbonyl (C=O) groups excluding carboxylic acids is 1. The molecular weight excluding hydrogens is 200 g/mol. The molecule has 1 aromatic rings. The van der Waals surface area contributed by atoms with Gasteiger partial charge in [-0.1, -0.05) is 0 Å². The van der Waals surface area contributed by atoms with Crippen LogP contribution in [-0.4, -0.2) is 43.9 Å². The van der Waals surface area contributed by atoms with Gasteiger partial charge in [-0.05, 0) is 0 Å². The van der Waals surface area contributed by atoms with Crippen LogP contribution in [0.3, 0.4) is 0 Å². The maximum Gasteiger partial charge on any atom is 0.332 e. The highest BCUT2D eigenvalue weighted by Gasteiger charge is 2.29. The Morgan fingerprint density at radius 1 is 1.60 bits per heavy atom. The lowest BCUT2D eigenvalue weighted by Gasteiger charge is -2.21. The van der Waals surface area contributed by atoms with Crippen molar-refractivity contribution in [2.24, 2.45) is 7.05 Å².